The number of methoxy groups -OCH3 is 1. The molecule has 0 radical (unpaired) electrons. The van der Waals surface area contributed by atoms with Crippen molar-refractivity contribution in [2.24, 2.45) is 0 Å². The average molecular weight is 450 g/mol. The second kappa shape index (κ2) is 10.6. The van der Waals surface area contributed by atoms with Crippen LogP contribution in [-0.2, 0) is 17.8 Å². The van der Waals surface area contributed by atoms with E-state index in [1.807, 2.05) is 54.6 Å². The summed E-state index contributed by atoms with van der Waals surface area (Å²) in [5.41, 5.74) is 2.19. The van der Waals surface area contributed by atoms with Crippen molar-refractivity contribution in [3.8, 4) is 11.5 Å². The summed E-state index contributed by atoms with van der Waals surface area (Å²) >= 11 is 1.07. The molecule has 0 aliphatic carbocycles. The van der Waals surface area contributed by atoms with Crippen LogP contribution in [0.3, 0.4) is 0 Å². The highest BCUT2D eigenvalue weighted by Crippen LogP contribution is 2.31. The number of para-hydroxylation sites is 1. The molecule has 3 aromatic rings. The smallest absolute Gasteiger partial charge is 0.289 e. The Morgan fingerprint density at radius 3 is 2.41 bits per heavy atom. The summed E-state index contributed by atoms with van der Waals surface area (Å²) in [5.74, 6) is 1.89. The van der Waals surface area contributed by atoms with E-state index in [9.17, 15) is 9.59 Å². The molecule has 1 heterocycles. The predicted octanol–water partition coefficient (Wildman–Crippen LogP) is 5.84. The van der Waals surface area contributed by atoms with Crippen LogP contribution in [0.25, 0.3) is 10.8 Å². The molecular weight excluding hydrogens is 422 g/mol. The summed E-state index contributed by atoms with van der Waals surface area (Å²) in [6.07, 6.45) is 4.12. The normalized spacial score (nSPS) is 13.7. The Hall–Kier alpha value is -2.99. The standard InChI is InChI=1S/C26H27NO4S/c1-30-23-13-7-4-10-19(23)9-3-2-8-16-31-24-15-14-20(21-11-5-6-12-22(21)24)17-27-25(28)18-32-26(27)29/h4-7,10-15H,2-3,8-9,16-18H2,1H3. The molecule has 0 atom stereocenters. The van der Waals surface area contributed by atoms with Gasteiger partial charge in [-0.25, -0.2) is 0 Å². The predicted molar refractivity (Wildman–Crippen MR) is 128 cm³/mol. The number of unbranched alkanes of at least 4 members (excludes halogenated alkanes) is 2. The summed E-state index contributed by atoms with van der Waals surface area (Å²) in [5, 5.41) is 1.84. The van der Waals surface area contributed by atoms with Crippen LogP contribution in [0.4, 0.5) is 4.79 Å². The first kappa shape index (κ1) is 22.2. The van der Waals surface area contributed by atoms with Crippen molar-refractivity contribution in [2.75, 3.05) is 19.5 Å². The van der Waals surface area contributed by atoms with E-state index in [4.69, 9.17) is 9.47 Å². The lowest BCUT2D eigenvalue weighted by Crippen LogP contribution is -2.28. The van der Waals surface area contributed by atoms with Crippen LogP contribution in [0, 0.1) is 0 Å². The third-order valence-electron chi connectivity index (χ3n) is 5.68. The van der Waals surface area contributed by atoms with Gasteiger partial charge in [0.15, 0.2) is 0 Å². The zero-order chi connectivity index (χ0) is 22.3. The molecule has 0 saturated carbocycles. The van der Waals surface area contributed by atoms with E-state index in [1.165, 1.54) is 10.5 Å². The van der Waals surface area contributed by atoms with Gasteiger partial charge in [0.2, 0.25) is 5.91 Å². The molecule has 5 nitrogen and oxygen atoms in total. The highest BCUT2D eigenvalue weighted by Gasteiger charge is 2.30. The van der Waals surface area contributed by atoms with Gasteiger partial charge >= 0.3 is 0 Å². The summed E-state index contributed by atoms with van der Waals surface area (Å²) in [6.45, 7) is 0.948. The number of fused-ring (bicyclic) bond motifs is 1. The number of ether oxygens (including phenoxy) is 2. The van der Waals surface area contributed by atoms with Crippen molar-refractivity contribution in [1.82, 2.24) is 4.90 Å². The third kappa shape index (κ3) is 5.07. The van der Waals surface area contributed by atoms with Crippen LogP contribution in [0.15, 0.2) is 60.7 Å². The Bertz CT molecular complexity index is 1100. The minimum Gasteiger partial charge on any atom is -0.496 e. The van der Waals surface area contributed by atoms with Gasteiger partial charge < -0.3 is 9.47 Å². The van der Waals surface area contributed by atoms with Gasteiger partial charge in [0.1, 0.15) is 11.5 Å². The molecule has 166 valence electrons. The molecule has 0 unspecified atom stereocenters. The lowest BCUT2D eigenvalue weighted by Gasteiger charge is -2.16. The number of amides is 2. The van der Waals surface area contributed by atoms with Crippen molar-refractivity contribution in [2.45, 2.75) is 32.2 Å². The van der Waals surface area contributed by atoms with Crippen LogP contribution >= 0.6 is 11.8 Å². The van der Waals surface area contributed by atoms with Gasteiger partial charge in [-0.2, -0.15) is 0 Å². The Morgan fingerprint density at radius 2 is 1.62 bits per heavy atom. The zero-order valence-electron chi connectivity index (χ0n) is 18.2. The van der Waals surface area contributed by atoms with E-state index in [-0.39, 0.29) is 16.9 Å². The van der Waals surface area contributed by atoms with Gasteiger partial charge in [-0.1, -0.05) is 60.3 Å². The minimum absolute atomic E-state index is 0.127. The lowest BCUT2D eigenvalue weighted by molar-refractivity contribution is -0.124. The van der Waals surface area contributed by atoms with Crippen molar-refractivity contribution < 1.29 is 19.1 Å². The van der Waals surface area contributed by atoms with Gasteiger partial charge in [-0.05, 0) is 54.3 Å². The fourth-order valence-corrected chi connectivity index (χ4v) is 4.71. The molecule has 0 spiro atoms. The van der Waals surface area contributed by atoms with Crippen LogP contribution in [0.1, 0.15) is 30.4 Å². The molecule has 2 amide bonds. The van der Waals surface area contributed by atoms with E-state index in [0.717, 1.165) is 65.3 Å². The van der Waals surface area contributed by atoms with Crippen LogP contribution in [0.2, 0.25) is 0 Å². The van der Waals surface area contributed by atoms with Gasteiger partial charge in [0, 0.05) is 5.39 Å². The van der Waals surface area contributed by atoms with Crippen LogP contribution in [-0.4, -0.2) is 35.5 Å². The molecule has 1 aliphatic rings. The highest BCUT2D eigenvalue weighted by atomic mass is 32.2. The van der Waals surface area contributed by atoms with E-state index in [1.54, 1.807) is 7.11 Å². The van der Waals surface area contributed by atoms with Gasteiger partial charge in [-0.15, -0.1) is 0 Å². The monoisotopic (exact) mass is 449 g/mol. The first-order chi connectivity index (χ1) is 15.7. The number of nitrogens with zero attached hydrogens (tertiary/aromatic N) is 1. The SMILES string of the molecule is COc1ccccc1CCCCCOc1ccc(CN2C(=O)CSC2=O)c2ccccc12. The summed E-state index contributed by atoms with van der Waals surface area (Å²) in [4.78, 5) is 25.3. The second-order valence-corrected chi connectivity index (χ2v) is 8.70. The number of hydrogen-bond acceptors (Lipinski definition) is 5. The molecule has 0 aromatic heterocycles. The molecule has 32 heavy (non-hydrogen) atoms. The molecule has 1 fully saturated rings. The largest absolute Gasteiger partial charge is 0.496 e. The maximum atomic E-state index is 12.0. The number of aryl methyl sites for hydroxylation is 1. The Labute approximate surface area is 192 Å². The van der Waals surface area contributed by atoms with Gasteiger partial charge in [-0.3, -0.25) is 14.5 Å². The molecule has 1 saturated heterocycles. The molecule has 4 rings (SSSR count). The Balaban J connectivity index is 1.34. The average Bonchev–Trinajstić information content (AvgIpc) is 3.14. The Morgan fingerprint density at radius 1 is 0.844 bits per heavy atom. The molecule has 0 N–H and O–H groups in total. The lowest BCUT2D eigenvalue weighted by atomic mass is 10.0. The number of thioether (sulfide) groups is 1. The third-order valence-corrected chi connectivity index (χ3v) is 6.54. The number of hydrogen-bond donors (Lipinski definition) is 0. The van der Waals surface area contributed by atoms with E-state index in [2.05, 4.69) is 6.07 Å². The van der Waals surface area contributed by atoms with Crippen molar-refractivity contribution >= 4 is 33.7 Å². The highest BCUT2D eigenvalue weighted by molar-refractivity contribution is 8.14. The summed E-state index contributed by atoms with van der Waals surface area (Å²) in [6, 6.07) is 20.1. The zero-order valence-corrected chi connectivity index (χ0v) is 19.0. The number of carbonyl (C=O) groups is 2. The van der Waals surface area contributed by atoms with Crippen LogP contribution < -0.4 is 9.47 Å². The van der Waals surface area contributed by atoms with Gasteiger partial charge in [0.05, 0.1) is 26.0 Å². The quantitative estimate of drug-likeness (QED) is 0.364. The van der Waals surface area contributed by atoms with Crippen molar-refractivity contribution in [3.05, 3.63) is 71.8 Å². The topological polar surface area (TPSA) is 55.8 Å². The first-order valence-electron chi connectivity index (χ1n) is 10.9. The summed E-state index contributed by atoms with van der Waals surface area (Å²) < 4.78 is 11.5. The molecule has 6 heteroatoms. The number of benzene rings is 3. The fraction of sp³-hybridized carbons (Fsp3) is 0.308. The maximum absolute atomic E-state index is 12.0. The molecule has 3 aromatic carbocycles. The number of rotatable bonds is 10. The second-order valence-electron chi connectivity index (χ2n) is 7.77. The summed E-state index contributed by atoms with van der Waals surface area (Å²) in [7, 11) is 1.71. The van der Waals surface area contributed by atoms with E-state index >= 15 is 0 Å². The molecule has 0 bridgehead atoms. The van der Waals surface area contributed by atoms with E-state index < -0.39 is 0 Å². The minimum atomic E-state index is -0.174. The molecule has 1 aliphatic heterocycles. The van der Waals surface area contributed by atoms with Crippen molar-refractivity contribution in [1.29, 1.82) is 0 Å². The molecular formula is C26H27NO4S. The fourth-order valence-electron chi connectivity index (χ4n) is 3.99. The van der Waals surface area contributed by atoms with E-state index in [0.29, 0.717) is 13.2 Å². The Kier molecular flexibility index (Phi) is 7.32. The number of carbonyl (C=O) groups excluding carboxylic acids is 2. The van der Waals surface area contributed by atoms with Crippen molar-refractivity contribution in [3.63, 3.8) is 0 Å². The maximum Gasteiger partial charge on any atom is 0.289 e. The first-order valence-corrected chi connectivity index (χ1v) is 11.9. The number of imide groups is 1. The van der Waals surface area contributed by atoms with Gasteiger partial charge in [0.25, 0.3) is 5.24 Å². The van der Waals surface area contributed by atoms with Crippen LogP contribution in [0.5, 0.6) is 11.5 Å².